The summed E-state index contributed by atoms with van der Waals surface area (Å²) in [7, 11) is -3.80. The minimum absolute atomic E-state index is 0.324. The summed E-state index contributed by atoms with van der Waals surface area (Å²) >= 11 is 0. The molecule has 0 saturated heterocycles. The summed E-state index contributed by atoms with van der Waals surface area (Å²) < 4.78 is 38.8. The summed E-state index contributed by atoms with van der Waals surface area (Å²) in [5.41, 5.74) is 0.396. The number of hydrogen-bond donors (Lipinski definition) is 2. The van der Waals surface area contributed by atoms with Gasteiger partial charge in [0, 0.05) is 0 Å². The van der Waals surface area contributed by atoms with E-state index in [4.69, 9.17) is 5.11 Å². The van der Waals surface area contributed by atoms with Crippen LogP contribution >= 0.6 is 0 Å². The van der Waals surface area contributed by atoms with E-state index in [0.717, 1.165) is 12.1 Å². The monoisotopic (exact) mass is 303 g/mol. The third kappa shape index (κ3) is 4.90. The third-order valence-electron chi connectivity index (χ3n) is 3.06. The molecule has 0 amide bonds. The van der Waals surface area contributed by atoms with E-state index in [2.05, 4.69) is 4.72 Å². The molecule has 0 heterocycles. The van der Waals surface area contributed by atoms with Crippen molar-refractivity contribution in [2.75, 3.05) is 0 Å². The average molecular weight is 303 g/mol. The molecule has 0 saturated carbocycles. The molecule has 7 heteroatoms. The van der Waals surface area contributed by atoms with E-state index in [1.54, 1.807) is 13.8 Å². The molecule has 1 aromatic rings. The Morgan fingerprint density at radius 3 is 2.35 bits per heavy atom. The Hall–Kier alpha value is -1.47. The van der Waals surface area contributed by atoms with Crippen molar-refractivity contribution < 1.29 is 22.7 Å². The normalized spacial score (nSPS) is 14.8. The van der Waals surface area contributed by atoms with Gasteiger partial charge in [-0.1, -0.05) is 32.4 Å². The number of aliphatic carboxylic acids is 1. The van der Waals surface area contributed by atoms with Crippen molar-refractivity contribution >= 4 is 16.0 Å². The van der Waals surface area contributed by atoms with Gasteiger partial charge in [0.15, 0.2) is 0 Å². The van der Waals surface area contributed by atoms with Crippen LogP contribution in [0.3, 0.4) is 0 Å². The summed E-state index contributed by atoms with van der Waals surface area (Å²) in [5.74, 6) is -2.37. The van der Waals surface area contributed by atoms with E-state index >= 15 is 0 Å². The number of benzene rings is 1. The van der Waals surface area contributed by atoms with Crippen LogP contribution in [0.5, 0.6) is 0 Å². The van der Waals surface area contributed by atoms with Crippen molar-refractivity contribution in [3.05, 3.63) is 35.6 Å². The Kier molecular flexibility index (Phi) is 5.64. The number of halogens is 1. The van der Waals surface area contributed by atoms with Crippen molar-refractivity contribution in [2.24, 2.45) is 5.92 Å². The number of hydrogen-bond acceptors (Lipinski definition) is 3. The SMILES string of the molecule is CCC(C)[C@H](NS(=O)(=O)Cc1ccc(F)cc1)C(=O)O. The zero-order valence-electron chi connectivity index (χ0n) is 11.3. The molecule has 2 atom stereocenters. The van der Waals surface area contributed by atoms with Crippen LogP contribution in [-0.4, -0.2) is 25.5 Å². The molecule has 0 aliphatic carbocycles. The Balaban J connectivity index is 2.82. The lowest BCUT2D eigenvalue weighted by atomic mass is 10.0. The molecular formula is C13H18FNO4S. The van der Waals surface area contributed by atoms with Gasteiger partial charge < -0.3 is 5.11 Å². The standard InChI is InChI=1S/C13H18FNO4S/c1-3-9(2)12(13(16)17)15-20(18,19)8-10-4-6-11(14)7-5-10/h4-7,9,12,15H,3,8H2,1-2H3,(H,16,17)/t9?,12-/m0/s1. The topological polar surface area (TPSA) is 83.5 Å². The molecule has 0 aromatic heterocycles. The van der Waals surface area contributed by atoms with Crippen LogP contribution in [0.2, 0.25) is 0 Å². The van der Waals surface area contributed by atoms with Crippen LogP contribution in [0.1, 0.15) is 25.8 Å². The summed E-state index contributed by atoms with van der Waals surface area (Å²) in [4.78, 5) is 11.1. The average Bonchev–Trinajstić information content (AvgIpc) is 2.37. The fourth-order valence-corrected chi connectivity index (χ4v) is 3.12. The fourth-order valence-electron chi connectivity index (χ4n) is 1.68. The Bertz CT molecular complexity index is 556. The summed E-state index contributed by atoms with van der Waals surface area (Å²) in [5, 5.41) is 9.06. The molecule has 112 valence electrons. The van der Waals surface area contributed by atoms with E-state index in [-0.39, 0.29) is 11.7 Å². The van der Waals surface area contributed by atoms with Crippen LogP contribution < -0.4 is 4.72 Å². The van der Waals surface area contributed by atoms with Crippen LogP contribution in [0.4, 0.5) is 4.39 Å². The van der Waals surface area contributed by atoms with Crippen LogP contribution in [0, 0.1) is 11.7 Å². The number of sulfonamides is 1. The van der Waals surface area contributed by atoms with Crippen molar-refractivity contribution in [1.29, 1.82) is 0 Å². The molecule has 1 rings (SSSR count). The van der Waals surface area contributed by atoms with Gasteiger partial charge in [0.05, 0.1) is 5.75 Å². The van der Waals surface area contributed by atoms with E-state index in [1.165, 1.54) is 12.1 Å². The summed E-state index contributed by atoms with van der Waals surface area (Å²) in [6.07, 6.45) is 0.538. The second kappa shape index (κ2) is 6.81. The van der Waals surface area contributed by atoms with E-state index < -0.39 is 27.9 Å². The maximum absolute atomic E-state index is 12.7. The lowest BCUT2D eigenvalue weighted by Gasteiger charge is -2.20. The van der Waals surface area contributed by atoms with Gasteiger partial charge in [-0.2, -0.15) is 0 Å². The van der Waals surface area contributed by atoms with Gasteiger partial charge in [0.2, 0.25) is 10.0 Å². The highest BCUT2D eigenvalue weighted by molar-refractivity contribution is 7.88. The quantitative estimate of drug-likeness (QED) is 0.803. The Labute approximate surface area is 117 Å². The Morgan fingerprint density at radius 1 is 1.35 bits per heavy atom. The predicted molar refractivity (Wildman–Crippen MR) is 73.0 cm³/mol. The molecule has 0 aliphatic rings. The third-order valence-corrected chi connectivity index (χ3v) is 4.38. The van der Waals surface area contributed by atoms with Gasteiger partial charge in [-0.3, -0.25) is 4.79 Å². The highest BCUT2D eigenvalue weighted by Gasteiger charge is 2.28. The predicted octanol–water partition coefficient (Wildman–Crippen LogP) is 1.74. The zero-order valence-corrected chi connectivity index (χ0v) is 12.2. The summed E-state index contributed by atoms with van der Waals surface area (Å²) in [6, 6.07) is 3.87. The van der Waals surface area contributed by atoms with Crippen molar-refractivity contribution in [3.63, 3.8) is 0 Å². The molecule has 1 unspecified atom stereocenters. The number of rotatable bonds is 7. The maximum Gasteiger partial charge on any atom is 0.322 e. The molecule has 0 aliphatic heterocycles. The van der Waals surface area contributed by atoms with Crippen molar-refractivity contribution in [1.82, 2.24) is 4.72 Å². The zero-order chi connectivity index (χ0) is 15.3. The lowest BCUT2D eigenvalue weighted by molar-refractivity contribution is -0.140. The van der Waals surface area contributed by atoms with E-state index in [0.29, 0.717) is 12.0 Å². The molecule has 0 spiro atoms. The van der Waals surface area contributed by atoms with Crippen LogP contribution in [0.15, 0.2) is 24.3 Å². The first-order valence-electron chi connectivity index (χ1n) is 6.22. The number of nitrogens with one attached hydrogen (secondary N) is 1. The van der Waals surface area contributed by atoms with Crippen molar-refractivity contribution in [3.8, 4) is 0 Å². The molecule has 2 N–H and O–H groups in total. The lowest BCUT2D eigenvalue weighted by Crippen LogP contribution is -2.45. The van der Waals surface area contributed by atoms with Gasteiger partial charge >= 0.3 is 5.97 Å². The van der Waals surface area contributed by atoms with E-state index in [1.807, 2.05) is 0 Å². The number of carbonyl (C=O) groups is 1. The van der Waals surface area contributed by atoms with E-state index in [9.17, 15) is 17.6 Å². The minimum Gasteiger partial charge on any atom is -0.480 e. The fraction of sp³-hybridized carbons (Fsp3) is 0.462. The van der Waals surface area contributed by atoms with Gasteiger partial charge in [-0.15, -0.1) is 0 Å². The van der Waals surface area contributed by atoms with Gasteiger partial charge in [-0.05, 0) is 23.6 Å². The summed E-state index contributed by atoms with van der Waals surface area (Å²) in [6.45, 7) is 3.45. The number of carboxylic acids is 1. The first kappa shape index (κ1) is 16.6. The number of carboxylic acid groups (broad SMARTS) is 1. The second-order valence-corrected chi connectivity index (χ2v) is 6.46. The molecule has 0 radical (unpaired) electrons. The highest BCUT2D eigenvalue weighted by Crippen LogP contribution is 2.12. The van der Waals surface area contributed by atoms with Gasteiger partial charge in [0.1, 0.15) is 11.9 Å². The molecular weight excluding hydrogens is 285 g/mol. The van der Waals surface area contributed by atoms with Gasteiger partial charge in [-0.25, -0.2) is 17.5 Å². The minimum atomic E-state index is -3.80. The van der Waals surface area contributed by atoms with Crippen LogP contribution in [0.25, 0.3) is 0 Å². The molecule has 20 heavy (non-hydrogen) atoms. The largest absolute Gasteiger partial charge is 0.480 e. The second-order valence-electron chi connectivity index (χ2n) is 4.70. The molecule has 5 nitrogen and oxygen atoms in total. The molecule has 0 fully saturated rings. The smallest absolute Gasteiger partial charge is 0.322 e. The Morgan fingerprint density at radius 2 is 1.90 bits per heavy atom. The van der Waals surface area contributed by atoms with Crippen molar-refractivity contribution in [2.45, 2.75) is 32.1 Å². The van der Waals surface area contributed by atoms with Gasteiger partial charge in [0.25, 0.3) is 0 Å². The highest BCUT2D eigenvalue weighted by atomic mass is 32.2. The van der Waals surface area contributed by atoms with Crippen LogP contribution in [-0.2, 0) is 20.6 Å². The first-order valence-corrected chi connectivity index (χ1v) is 7.87. The molecule has 0 bridgehead atoms. The molecule has 1 aromatic carbocycles. The first-order chi connectivity index (χ1) is 9.25. The maximum atomic E-state index is 12.7.